The molecule has 130 valence electrons. The van der Waals surface area contributed by atoms with Gasteiger partial charge in [-0.2, -0.15) is 0 Å². The van der Waals surface area contributed by atoms with Gasteiger partial charge < -0.3 is 24.3 Å². The molecule has 2 aliphatic rings. The van der Waals surface area contributed by atoms with E-state index in [0.29, 0.717) is 32.0 Å². The maximum atomic E-state index is 12.6. The second kappa shape index (κ2) is 6.60. The number of carbonyl (C=O) groups is 2. The van der Waals surface area contributed by atoms with E-state index in [4.69, 9.17) is 9.15 Å². The van der Waals surface area contributed by atoms with Crippen LogP contribution in [0.3, 0.4) is 0 Å². The Kier molecular flexibility index (Phi) is 4.15. The zero-order valence-electron chi connectivity index (χ0n) is 13.6. The highest BCUT2D eigenvalue weighted by molar-refractivity contribution is 5.92. The van der Waals surface area contributed by atoms with Gasteiger partial charge in [0.05, 0.1) is 31.6 Å². The summed E-state index contributed by atoms with van der Waals surface area (Å²) in [6.45, 7) is 1.86. The topological polar surface area (TPSA) is 75.0 Å². The first-order chi connectivity index (χ1) is 12.2. The van der Waals surface area contributed by atoms with E-state index >= 15 is 0 Å². The summed E-state index contributed by atoms with van der Waals surface area (Å²) in [7, 11) is 0. The summed E-state index contributed by atoms with van der Waals surface area (Å²) in [5.74, 6) is 0.154. The van der Waals surface area contributed by atoms with E-state index in [0.717, 1.165) is 5.69 Å². The lowest BCUT2D eigenvalue weighted by atomic mass is 10.1. The lowest BCUT2D eigenvalue weighted by molar-refractivity contribution is -0.0378. The Bertz CT molecular complexity index is 747. The molecule has 3 amide bonds. The predicted molar refractivity (Wildman–Crippen MR) is 90.3 cm³/mol. The molecule has 1 aromatic carbocycles. The molecule has 1 aromatic heterocycles. The fraction of sp³-hybridized carbons (Fsp3) is 0.333. The third kappa shape index (κ3) is 3.10. The molecule has 0 aliphatic carbocycles. The van der Waals surface area contributed by atoms with E-state index in [-0.39, 0.29) is 24.1 Å². The third-order valence-electron chi connectivity index (χ3n) is 4.61. The molecule has 2 aromatic rings. The minimum Gasteiger partial charge on any atom is -0.459 e. The van der Waals surface area contributed by atoms with Gasteiger partial charge in [-0.15, -0.1) is 0 Å². The van der Waals surface area contributed by atoms with Crippen molar-refractivity contribution in [3.05, 3.63) is 54.5 Å². The summed E-state index contributed by atoms with van der Waals surface area (Å²) in [5, 5.41) is 2.87. The molecule has 0 radical (unpaired) electrons. The molecule has 3 heterocycles. The van der Waals surface area contributed by atoms with Crippen molar-refractivity contribution in [1.82, 2.24) is 9.80 Å². The van der Waals surface area contributed by atoms with Gasteiger partial charge in [0.2, 0.25) is 0 Å². The van der Waals surface area contributed by atoms with Crippen molar-refractivity contribution in [2.24, 2.45) is 0 Å². The number of fused-ring (bicyclic) bond motifs is 1. The van der Waals surface area contributed by atoms with Gasteiger partial charge in [-0.1, -0.05) is 18.2 Å². The summed E-state index contributed by atoms with van der Waals surface area (Å²) in [5.41, 5.74) is 0.742. The minimum atomic E-state index is -0.186. The average Bonchev–Trinajstić information content (AvgIpc) is 3.31. The molecule has 7 heteroatoms. The number of anilines is 1. The first-order valence-corrected chi connectivity index (χ1v) is 8.29. The lowest BCUT2D eigenvalue weighted by Gasteiger charge is -2.36. The van der Waals surface area contributed by atoms with Crippen LogP contribution in [0.15, 0.2) is 53.1 Å². The van der Waals surface area contributed by atoms with E-state index in [1.807, 2.05) is 30.3 Å². The maximum absolute atomic E-state index is 12.6. The molecule has 0 bridgehead atoms. The summed E-state index contributed by atoms with van der Waals surface area (Å²) in [4.78, 5) is 28.6. The third-order valence-corrected chi connectivity index (χ3v) is 4.61. The molecule has 4 rings (SSSR count). The van der Waals surface area contributed by atoms with Crippen LogP contribution in [0, 0.1) is 0 Å². The highest BCUT2D eigenvalue weighted by Gasteiger charge is 2.44. The molecule has 7 nitrogen and oxygen atoms in total. The number of para-hydroxylation sites is 1. The van der Waals surface area contributed by atoms with E-state index in [1.54, 1.807) is 21.9 Å². The highest BCUT2D eigenvalue weighted by Crippen LogP contribution is 2.25. The van der Waals surface area contributed by atoms with Crippen molar-refractivity contribution in [2.45, 2.75) is 12.1 Å². The smallest absolute Gasteiger partial charge is 0.322 e. The number of carbonyl (C=O) groups excluding carboxylic acids is 2. The van der Waals surface area contributed by atoms with Crippen LogP contribution < -0.4 is 5.32 Å². The fourth-order valence-corrected chi connectivity index (χ4v) is 3.37. The van der Waals surface area contributed by atoms with Crippen LogP contribution in [0.4, 0.5) is 10.5 Å². The van der Waals surface area contributed by atoms with Crippen LogP contribution in [-0.4, -0.2) is 60.1 Å². The Hall–Kier alpha value is -2.80. The number of nitrogens with zero attached hydrogens (tertiary/aromatic N) is 2. The maximum Gasteiger partial charge on any atom is 0.322 e. The van der Waals surface area contributed by atoms with Gasteiger partial charge in [0.25, 0.3) is 5.91 Å². The highest BCUT2D eigenvalue weighted by atomic mass is 16.5. The lowest BCUT2D eigenvalue weighted by Crippen LogP contribution is -2.53. The van der Waals surface area contributed by atoms with Gasteiger partial charge in [-0.05, 0) is 24.3 Å². The van der Waals surface area contributed by atoms with Crippen LogP contribution in [0.25, 0.3) is 0 Å². The van der Waals surface area contributed by atoms with E-state index < -0.39 is 0 Å². The predicted octanol–water partition coefficient (Wildman–Crippen LogP) is 2.04. The van der Waals surface area contributed by atoms with Crippen LogP contribution in [-0.2, 0) is 4.74 Å². The fourth-order valence-electron chi connectivity index (χ4n) is 3.37. The number of rotatable bonds is 2. The van der Waals surface area contributed by atoms with Crippen molar-refractivity contribution in [2.75, 3.05) is 31.6 Å². The molecule has 0 saturated carbocycles. The van der Waals surface area contributed by atoms with E-state index in [1.165, 1.54) is 6.26 Å². The Morgan fingerprint density at radius 1 is 1.08 bits per heavy atom. The molecule has 2 atom stereocenters. The molecule has 1 N–H and O–H groups in total. The zero-order chi connectivity index (χ0) is 17.2. The molecular weight excluding hydrogens is 322 g/mol. The monoisotopic (exact) mass is 341 g/mol. The van der Waals surface area contributed by atoms with Gasteiger partial charge in [0.1, 0.15) is 0 Å². The summed E-state index contributed by atoms with van der Waals surface area (Å²) < 4.78 is 11.0. The summed E-state index contributed by atoms with van der Waals surface area (Å²) >= 11 is 0. The molecule has 0 unspecified atom stereocenters. The SMILES string of the molecule is O=C(Nc1ccccc1)N1C[C@@H]2OCCN(C(=O)c3ccco3)[C@@H]2C1. The number of furan rings is 1. The molecule has 25 heavy (non-hydrogen) atoms. The standard InChI is InChI=1S/C18H19N3O4/c22-17(15-7-4-9-24-15)21-8-10-25-16-12-20(11-14(16)21)18(23)19-13-5-2-1-3-6-13/h1-7,9,14,16H,8,10-12H2,(H,19,23)/t14-,16+/m1/s1. The van der Waals surface area contributed by atoms with Crippen LogP contribution in [0.2, 0.25) is 0 Å². The van der Waals surface area contributed by atoms with Gasteiger partial charge in [-0.25, -0.2) is 4.79 Å². The van der Waals surface area contributed by atoms with Crippen molar-refractivity contribution in [3.63, 3.8) is 0 Å². The number of ether oxygens (including phenoxy) is 1. The van der Waals surface area contributed by atoms with Crippen molar-refractivity contribution >= 4 is 17.6 Å². The zero-order valence-corrected chi connectivity index (χ0v) is 13.6. The number of hydrogen-bond donors (Lipinski definition) is 1. The molecular formula is C18H19N3O4. The summed E-state index contributed by atoms with van der Waals surface area (Å²) in [6.07, 6.45) is 1.31. The number of hydrogen-bond acceptors (Lipinski definition) is 4. The number of urea groups is 1. The molecule has 2 saturated heterocycles. The van der Waals surface area contributed by atoms with Crippen LogP contribution in [0.1, 0.15) is 10.6 Å². The average molecular weight is 341 g/mol. The Balaban J connectivity index is 1.45. The van der Waals surface area contributed by atoms with Crippen molar-refractivity contribution in [3.8, 4) is 0 Å². The van der Waals surface area contributed by atoms with Gasteiger partial charge >= 0.3 is 6.03 Å². The molecule has 2 fully saturated rings. The van der Waals surface area contributed by atoms with Crippen molar-refractivity contribution in [1.29, 1.82) is 0 Å². The Morgan fingerprint density at radius 2 is 1.92 bits per heavy atom. The Morgan fingerprint density at radius 3 is 2.68 bits per heavy atom. The van der Waals surface area contributed by atoms with Crippen molar-refractivity contribution < 1.29 is 18.7 Å². The first-order valence-electron chi connectivity index (χ1n) is 8.29. The normalized spacial score (nSPS) is 22.6. The van der Waals surface area contributed by atoms with Gasteiger partial charge in [0.15, 0.2) is 5.76 Å². The number of amides is 3. The number of likely N-dealkylation sites (tertiary alicyclic amines) is 1. The second-order valence-corrected chi connectivity index (χ2v) is 6.15. The quantitative estimate of drug-likeness (QED) is 0.907. The Labute approximate surface area is 145 Å². The number of morpholine rings is 1. The second-order valence-electron chi connectivity index (χ2n) is 6.15. The van der Waals surface area contributed by atoms with Crippen LogP contribution >= 0.6 is 0 Å². The summed E-state index contributed by atoms with van der Waals surface area (Å²) in [6, 6.07) is 12.3. The van der Waals surface area contributed by atoms with Gasteiger partial charge in [0, 0.05) is 18.8 Å². The largest absolute Gasteiger partial charge is 0.459 e. The van der Waals surface area contributed by atoms with Crippen LogP contribution in [0.5, 0.6) is 0 Å². The van der Waals surface area contributed by atoms with Gasteiger partial charge in [-0.3, -0.25) is 4.79 Å². The molecule has 0 spiro atoms. The first kappa shape index (κ1) is 15.7. The van der Waals surface area contributed by atoms with E-state index in [2.05, 4.69) is 5.32 Å². The minimum absolute atomic E-state index is 0.159. The molecule has 2 aliphatic heterocycles. The number of benzene rings is 1. The number of nitrogens with one attached hydrogen (secondary N) is 1. The van der Waals surface area contributed by atoms with E-state index in [9.17, 15) is 9.59 Å².